The van der Waals surface area contributed by atoms with Crippen molar-refractivity contribution in [2.75, 3.05) is 11.1 Å². The Morgan fingerprint density at radius 2 is 1.81 bits per heavy atom. The second kappa shape index (κ2) is 7.04. The van der Waals surface area contributed by atoms with E-state index in [9.17, 15) is 20.2 Å². The molecule has 0 aliphatic heterocycles. The number of nitrogen functional groups attached to an aromatic ring is 1. The van der Waals surface area contributed by atoms with Gasteiger partial charge in [0, 0.05) is 17.2 Å². The summed E-state index contributed by atoms with van der Waals surface area (Å²) in [7, 11) is 0. The van der Waals surface area contributed by atoms with Crippen LogP contribution in [0.2, 0.25) is 0 Å². The molecule has 3 aromatic rings. The predicted molar refractivity (Wildman–Crippen MR) is 99.9 cm³/mol. The molecular weight excluding hydrogens is 352 g/mol. The van der Waals surface area contributed by atoms with Crippen LogP contribution in [0.25, 0.3) is 11.1 Å². The Labute approximate surface area is 152 Å². The van der Waals surface area contributed by atoms with Gasteiger partial charge >= 0.3 is 0 Å². The minimum absolute atomic E-state index is 0.103. The Morgan fingerprint density at radius 3 is 2.46 bits per heavy atom. The van der Waals surface area contributed by atoms with Gasteiger partial charge in [0.25, 0.3) is 11.6 Å². The van der Waals surface area contributed by atoms with Gasteiger partial charge in [-0.15, -0.1) is 0 Å². The molecule has 1 aromatic heterocycles. The van der Waals surface area contributed by atoms with Crippen molar-refractivity contribution in [1.29, 1.82) is 5.26 Å². The number of nitrogens with two attached hydrogens (primary N) is 1. The highest BCUT2D eigenvalue weighted by molar-refractivity contribution is 7.21. The molecule has 0 aliphatic carbocycles. The molecule has 3 rings (SSSR count). The van der Waals surface area contributed by atoms with E-state index in [1.807, 2.05) is 6.07 Å². The molecule has 128 valence electrons. The zero-order chi connectivity index (χ0) is 18.7. The van der Waals surface area contributed by atoms with E-state index in [-0.39, 0.29) is 32.4 Å². The maximum absolute atomic E-state index is 12.4. The van der Waals surface area contributed by atoms with Crippen molar-refractivity contribution in [2.24, 2.45) is 0 Å². The number of hydrogen-bond acceptors (Lipinski definition) is 6. The van der Waals surface area contributed by atoms with E-state index in [1.165, 1.54) is 18.2 Å². The van der Waals surface area contributed by atoms with Crippen molar-refractivity contribution in [1.82, 2.24) is 0 Å². The number of anilines is 2. The van der Waals surface area contributed by atoms with Crippen molar-refractivity contribution < 1.29 is 9.72 Å². The monoisotopic (exact) mass is 364 g/mol. The summed E-state index contributed by atoms with van der Waals surface area (Å²) in [5.74, 6) is -0.391. The summed E-state index contributed by atoms with van der Waals surface area (Å²) >= 11 is 1.00. The van der Waals surface area contributed by atoms with Gasteiger partial charge in [-0.1, -0.05) is 41.7 Å². The quantitative estimate of drug-likeness (QED) is 0.534. The van der Waals surface area contributed by atoms with Crippen LogP contribution in [0.3, 0.4) is 0 Å². The average Bonchev–Trinajstić information content (AvgIpc) is 2.97. The normalized spacial score (nSPS) is 10.1. The van der Waals surface area contributed by atoms with Crippen LogP contribution < -0.4 is 11.1 Å². The number of nitrogens with zero attached hydrogens (tertiary/aromatic N) is 2. The number of nitro benzene ring substituents is 1. The fourth-order valence-electron chi connectivity index (χ4n) is 2.52. The second-order valence-corrected chi connectivity index (χ2v) is 6.30. The van der Waals surface area contributed by atoms with Gasteiger partial charge in [-0.3, -0.25) is 14.9 Å². The standard InChI is InChI=1S/C18H12N4O3S/c19-10-13-15(12-8-4-5-9-14(12)22(24)25)16(20)26-18(13)21-17(23)11-6-2-1-3-7-11/h1-9H,20H2,(H,21,23). The molecule has 0 bridgehead atoms. The number of hydrogen-bond donors (Lipinski definition) is 2. The van der Waals surface area contributed by atoms with Crippen molar-refractivity contribution in [3.8, 4) is 17.2 Å². The van der Waals surface area contributed by atoms with E-state index in [4.69, 9.17) is 5.73 Å². The highest BCUT2D eigenvalue weighted by Crippen LogP contribution is 2.44. The van der Waals surface area contributed by atoms with E-state index in [0.29, 0.717) is 5.56 Å². The van der Waals surface area contributed by atoms with E-state index in [0.717, 1.165) is 11.3 Å². The highest BCUT2D eigenvalue weighted by atomic mass is 32.1. The molecule has 0 spiro atoms. The zero-order valence-corrected chi connectivity index (χ0v) is 14.1. The molecule has 2 aromatic carbocycles. The van der Waals surface area contributed by atoms with Gasteiger partial charge in [0.1, 0.15) is 11.1 Å². The van der Waals surface area contributed by atoms with Crippen LogP contribution in [0, 0.1) is 21.4 Å². The van der Waals surface area contributed by atoms with E-state index in [2.05, 4.69) is 5.32 Å². The first kappa shape index (κ1) is 17.1. The van der Waals surface area contributed by atoms with Crippen molar-refractivity contribution in [3.63, 3.8) is 0 Å². The fraction of sp³-hybridized carbons (Fsp3) is 0. The lowest BCUT2D eigenvalue weighted by Gasteiger charge is -2.05. The molecule has 7 nitrogen and oxygen atoms in total. The summed E-state index contributed by atoms with van der Waals surface area (Å²) in [6.45, 7) is 0. The van der Waals surface area contributed by atoms with Gasteiger partial charge in [-0.25, -0.2) is 0 Å². The van der Waals surface area contributed by atoms with Gasteiger partial charge < -0.3 is 11.1 Å². The summed E-state index contributed by atoms with van der Waals surface area (Å²) in [5.41, 5.74) is 6.89. The minimum Gasteiger partial charge on any atom is -0.390 e. The molecular formula is C18H12N4O3S. The fourth-order valence-corrected chi connectivity index (χ4v) is 3.45. The van der Waals surface area contributed by atoms with Crippen LogP contribution in [0.1, 0.15) is 15.9 Å². The maximum atomic E-state index is 12.4. The molecule has 0 radical (unpaired) electrons. The summed E-state index contributed by atoms with van der Waals surface area (Å²) in [6, 6.07) is 16.5. The average molecular weight is 364 g/mol. The van der Waals surface area contributed by atoms with E-state index in [1.54, 1.807) is 36.4 Å². The first-order valence-corrected chi connectivity index (χ1v) is 8.27. The summed E-state index contributed by atoms with van der Waals surface area (Å²) in [4.78, 5) is 23.1. The van der Waals surface area contributed by atoms with Crippen LogP contribution in [0.4, 0.5) is 15.7 Å². The molecule has 0 saturated carbocycles. The maximum Gasteiger partial charge on any atom is 0.277 e. The molecule has 0 atom stereocenters. The number of carbonyl (C=O) groups excluding carboxylic acids is 1. The Balaban J connectivity index is 2.07. The SMILES string of the molecule is N#Cc1c(NC(=O)c2ccccc2)sc(N)c1-c1ccccc1[N+](=O)[O-]. The Morgan fingerprint density at radius 1 is 1.15 bits per heavy atom. The minimum atomic E-state index is -0.532. The molecule has 0 unspecified atom stereocenters. The van der Waals surface area contributed by atoms with Gasteiger partial charge in [-0.2, -0.15) is 5.26 Å². The Bertz CT molecular complexity index is 1040. The first-order valence-electron chi connectivity index (χ1n) is 7.45. The van der Waals surface area contributed by atoms with Crippen molar-refractivity contribution in [3.05, 3.63) is 75.8 Å². The summed E-state index contributed by atoms with van der Waals surface area (Å²) in [5, 5.41) is 24.0. The molecule has 8 heteroatoms. The number of benzene rings is 2. The molecule has 0 fully saturated rings. The van der Waals surface area contributed by atoms with Crippen LogP contribution in [0.15, 0.2) is 54.6 Å². The third-order valence-corrected chi connectivity index (χ3v) is 4.61. The van der Waals surface area contributed by atoms with Crippen LogP contribution in [-0.2, 0) is 0 Å². The lowest BCUT2D eigenvalue weighted by atomic mass is 10.0. The topological polar surface area (TPSA) is 122 Å². The third-order valence-electron chi connectivity index (χ3n) is 3.68. The number of nitrogens with one attached hydrogen (secondary N) is 1. The molecule has 1 amide bonds. The summed E-state index contributed by atoms with van der Waals surface area (Å²) < 4.78 is 0. The lowest BCUT2D eigenvalue weighted by Crippen LogP contribution is -2.11. The Hall–Kier alpha value is -3.70. The third kappa shape index (κ3) is 3.11. The molecule has 0 aliphatic rings. The molecule has 26 heavy (non-hydrogen) atoms. The largest absolute Gasteiger partial charge is 0.390 e. The molecule has 1 heterocycles. The highest BCUT2D eigenvalue weighted by Gasteiger charge is 2.25. The van der Waals surface area contributed by atoms with Gasteiger partial charge in [0.05, 0.1) is 21.1 Å². The molecule has 3 N–H and O–H groups in total. The van der Waals surface area contributed by atoms with Gasteiger partial charge in [0.2, 0.25) is 0 Å². The van der Waals surface area contributed by atoms with Gasteiger partial charge in [-0.05, 0) is 18.2 Å². The molecule has 0 saturated heterocycles. The van der Waals surface area contributed by atoms with Crippen LogP contribution >= 0.6 is 11.3 Å². The van der Waals surface area contributed by atoms with Crippen LogP contribution in [-0.4, -0.2) is 10.8 Å². The van der Waals surface area contributed by atoms with Crippen LogP contribution in [0.5, 0.6) is 0 Å². The van der Waals surface area contributed by atoms with Gasteiger partial charge in [0.15, 0.2) is 0 Å². The first-order chi connectivity index (χ1) is 12.5. The number of nitriles is 1. The summed E-state index contributed by atoms with van der Waals surface area (Å²) in [6.07, 6.45) is 0. The van der Waals surface area contributed by atoms with Crippen molar-refractivity contribution >= 4 is 32.9 Å². The zero-order valence-electron chi connectivity index (χ0n) is 13.3. The predicted octanol–water partition coefficient (Wildman–Crippen LogP) is 4.03. The lowest BCUT2D eigenvalue weighted by molar-refractivity contribution is -0.384. The smallest absolute Gasteiger partial charge is 0.277 e. The number of thiophene rings is 1. The Kier molecular flexibility index (Phi) is 4.64. The second-order valence-electron chi connectivity index (χ2n) is 5.25. The number of para-hydroxylation sites is 1. The number of rotatable bonds is 4. The van der Waals surface area contributed by atoms with E-state index >= 15 is 0 Å². The number of carbonyl (C=O) groups is 1. The van der Waals surface area contributed by atoms with Crippen molar-refractivity contribution in [2.45, 2.75) is 0 Å². The van der Waals surface area contributed by atoms with E-state index < -0.39 is 10.8 Å². The number of amides is 1. The number of nitro groups is 1.